The molecule has 1 amide bonds. The molecule has 2 aromatic carbocycles. The van der Waals surface area contributed by atoms with Gasteiger partial charge in [0.25, 0.3) is 0 Å². The lowest BCUT2D eigenvalue weighted by Gasteiger charge is -2.09. The van der Waals surface area contributed by atoms with Crippen molar-refractivity contribution in [3.05, 3.63) is 65.5 Å². The Balaban J connectivity index is 1.58. The third-order valence-electron chi connectivity index (χ3n) is 4.38. The van der Waals surface area contributed by atoms with E-state index in [9.17, 15) is 4.79 Å². The van der Waals surface area contributed by atoms with Crippen molar-refractivity contribution >= 4 is 17.7 Å². The first-order valence-electron chi connectivity index (χ1n) is 9.14. The van der Waals surface area contributed by atoms with Crippen LogP contribution in [-0.4, -0.2) is 33.5 Å². The van der Waals surface area contributed by atoms with E-state index >= 15 is 0 Å². The van der Waals surface area contributed by atoms with Gasteiger partial charge in [-0.05, 0) is 48.7 Å². The van der Waals surface area contributed by atoms with Crippen LogP contribution in [-0.2, 0) is 17.8 Å². The van der Waals surface area contributed by atoms with E-state index in [1.807, 2.05) is 35.8 Å². The van der Waals surface area contributed by atoms with Gasteiger partial charge in [-0.2, -0.15) is 0 Å². The molecule has 146 valence electrons. The van der Waals surface area contributed by atoms with E-state index in [0.29, 0.717) is 11.7 Å². The molecule has 0 atom stereocenters. The highest BCUT2D eigenvalue weighted by Gasteiger charge is 2.13. The number of hydrogen-bond acceptors (Lipinski definition) is 5. The van der Waals surface area contributed by atoms with Gasteiger partial charge in [0, 0.05) is 12.2 Å². The van der Waals surface area contributed by atoms with Crippen LogP contribution in [0.5, 0.6) is 5.75 Å². The molecule has 7 heteroatoms. The number of aryl methyl sites for hydroxylation is 2. The normalized spacial score (nSPS) is 10.7. The molecule has 0 bridgehead atoms. The molecule has 6 nitrogen and oxygen atoms in total. The Kier molecular flexibility index (Phi) is 6.71. The SMILES string of the molecule is CCc1ccc(-n2c(C)nnc2SCC(=O)NCc2ccc(OC)cc2)cc1. The average molecular weight is 397 g/mol. The van der Waals surface area contributed by atoms with E-state index in [-0.39, 0.29) is 11.7 Å². The van der Waals surface area contributed by atoms with E-state index in [1.165, 1.54) is 17.3 Å². The number of amides is 1. The second-order valence-electron chi connectivity index (χ2n) is 6.30. The highest BCUT2D eigenvalue weighted by atomic mass is 32.2. The van der Waals surface area contributed by atoms with Gasteiger partial charge in [0.1, 0.15) is 11.6 Å². The number of carbonyl (C=O) groups is 1. The van der Waals surface area contributed by atoms with E-state index in [4.69, 9.17) is 4.74 Å². The van der Waals surface area contributed by atoms with Crippen molar-refractivity contribution in [1.82, 2.24) is 20.1 Å². The summed E-state index contributed by atoms with van der Waals surface area (Å²) in [5.74, 6) is 1.83. The van der Waals surface area contributed by atoms with Crippen LogP contribution in [0, 0.1) is 6.92 Å². The van der Waals surface area contributed by atoms with Crippen molar-refractivity contribution in [2.24, 2.45) is 0 Å². The summed E-state index contributed by atoms with van der Waals surface area (Å²) in [6.45, 7) is 4.52. The molecule has 3 rings (SSSR count). The minimum Gasteiger partial charge on any atom is -0.497 e. The highest BCUT2D eigenvalue weighted by Crippen LogP contribution is 2.22. The third kappa shape index (κ3) is 4.92. The summed E-state index contributed by atoms with van der Waals surface area (Å²) in [6.07, 6.45) is 0.997. The summed E-state index contributed by atoms with van der Waals surface area (Å²) in [6, 6.07) is 16.0. The van der Waals surface area contributed by atoms with E-state index in [1.54, 1.807) is 7.11 Å². The van der Waals surface area contributed by atoms with Gasteiger partial charge in [0.2, 0.25) is 5.91 Å². The standard InChI is InChI=1S/C21H24N4O2S/c1-4-16-5-9-18(10-6-16)25-15(2)23-24-21(25)28-14-20(26)22-13-17-7-11-19(27-3)12-8-17/h5-12H,4,13-14H2,1-3H3,(H,22,26). The Morgan fingerprint density at radius 2 is 1.75 bits per heavy atom. The van der Waals surface area contributed by atoms with Gasteiger partial charge >= 0.3 is 0 Å². The maximum atomic E-state index is 12.2. The zero-order valence-electron chi connectivity index (χ0n) is 16.3. The number of nitrogens with one attached hydrogen (secondary N) is 1. The summed E-state index contributed by atoms with van der Waals surface area (Å²) in [5.41, 5.74) is 3.30. The van der Waals surface area contributed by atoms with Crippen molar-refractivity contribution in [1.29, 1.82) is 0 Å². The minimum absolute atomic E-state index is 0.0469. The first-order chi connectivity index (χ1) is 13.6. The van der Waals surface area contributed by atoms with Crippen LogP contribution in [0.2, 0.25) is 0 Å². The maximum absolute atomic E-state index is 12.2. The Bertz CT molecular complexity index is 921. The van der Waals surface area contributed by atoms with Crippen molar-refractivity contribution in [3.8, 4) is 11.4 Å². The van der Waals surface area contributed by atoms with Crippen molar-refractivity contribution in [2.45, 2.75) is 32.0 Å². The van der Waals surface area contributed by atoms with Crippen LogP contribution in [0.3, 0.4) is 0 Å². The molecule has 0 aliphatic heterocycles. The molecule has 0 aliphatic rings. The fourth-order valence-corrected chi connectivity index (χ4v) is 3.57. The first kappa shape index (κ1) is 19.9. The lowest BCUT2D eigenvalue weighted by Crippen LogP contribution is -2.24. The third-order valence-corrected chi connectivity index (χ3v) is 5.31. The van der Waals surface area contributed by atoms with Crippen LogP contribution in [0.25, 0.3) is 5.69 Å². The molecule has 0 saturated carbocycles. The fourth-order valence-electron chi connectivity index (χ4n) is 2.74. The molecule has 0 spiro atoms. The molecule has 0 unspecified atom stereocenters. The predicted octanol–water partition coefficient (Wildman–Crippen LogP) is 3.56. The Morgan fingerprint density at radius 3 is 2.39 bits per heavy atom. The number of aromatic nitrogens is 3. The number of methoxy groups -OCH3 is 1. The van der Waals surface area contributed by atoms with E-state index < -0.39 is 0 Å². The molecule has 0 fully saturated rings. The molecule has 0 aliphatic carbocycles. The fraction of sp³-hybridized carbons (Fsp3) is 0.286. The van der Waals surface area contributed by atoms with Gasteiger partial charge < -0.3 is 10.1 Å². The molecule has 28 heavy (non-hydrogen) atoms. The van der Waals surface area contributed by atoms with Gasteiger partial charge in [-0.15, -0.1) is 10.2 Å². The number of hydrogen-bond donors (Lipinski definition) is 1. The monoisotopic (exact) mass is 396 g/mol. The number of ether oxygens (including phenoxy) is 1. The Labute approximate surface area is 169 Å². The quantitative estimate of drug-likeness (QED) is 0.590. The van der Waals surface area contributed by atoms with Crippen LogP contribution in [0.1, 0.15) is 23.9 Å². The largest absolute Gasteiger partial charge is 0.497 e. The number of carbonyl (C=O) groups excluding carboxylic acids is 1. The van der Waals surface area contributed by atoms with Crippen molar-refractivity contribution < 1.29 is 9.53 Å². The minimum atomic E-state index is -0.0469. The summed E-state index contributed by atoms with van der Waals surface area (Å²) < 4.78 is 7.11. The second kappa shape index (κ2) is 9.41. The maximum Gasteiger partial charge on any atom is 0.230 e. The number of rotatable bonds is 8. The lowest BCUT2D eigenvalue weighted by atomic mass is 10.1. The van der Waals surface area contributed by atoms with Crippen molar-refractivity contribution in [2.75, 3.05) is 12.9 Å². The Morgan fingerprint density at radius 1 is 1.07 bits per heavy atom. The summed E-state index contributed by atoms with van der Waals surface area (Å²) >= 11 is 1.38. The molecule has 3 aromatic rings. The predicted molar refractivity (Wildman–Crippen MR) is 111 cm³/mol. The van der Waals surface area contributed by atoms with Crippen molar-refractivity contribution in [3.63, 3.8) is 0 Å². The van der Waals surface area contributed by atoms with E-state index in [2.05, 4.69) is 46.7 Å². The van der Waals surface area contributed by atoms with Gasteiger partial charge in [-0.25, -0.2) is 0 Å². The smallest absolute Gasteiger partial charge is 0.230 e. The van der Waals surface area contributed by atoms with Gasteiger partial charge in [0.15, 0.2) is 5.16 Å². The molecule has 1 heterocycles. The number of nitrogens with zero attached hydrogens (tertiary/aromatic N) is 3. The van der Waals surface area contributed by atoms with Crippen LogP contribution >= 0.6 is 11.8 Å². The second-order valence-corrected chi connectivity index (χ2v) is 7.24. The zero-order chi connectivity index (χ0) is 19.9. The van der Waals surface area contributed by atoms with Gasteiger partial charge in [-0.3, -0.25) is 9.36 Å². The summed E-state index contributed by atoms with van der Waals surface area (Å²) in [7, 11) is 1.63. The lowest BCUT2D eigenvalue weighted by molar-refractivity contribution is -0.118. The number of thioether (sulfide) groups is 1. The molecule has 1 aromatic heterocycles. The highest BCUT2D eigenvalue weighted by molar-refractivity contribution is 7.99. The Hall–Kier alpha value is -2.80. The number of benzene rings is 2. The van der Waals surface area contributed by atoms with Crippen LogP contribution < -0.4 is 10.1 Å². The van der Waals surface area contributed by atoms with Crippen LogP contribution in [0.15, 0.2) is 53.7 Å². The zero-order valence-corrected chi connectivity index (χ0v) is 17.1. The molecule has 0 radical (unpaired) electrons. The average Bonchev–Trinajstić information content (AvgIpc) is 3.11. The topological polar surface area (TPSA) is 69.0 Å². The molecule has 1 N–H and O–H groups in total. The summed E-state index contributed by atoms with van der Waals surface area (Å²) in [4.78, 5) is 12.2. The summed E-state index contributed by atoms with van der Waals surface area (Å²) in [5, 5.41) is 12.0. The first-order valence-corrected chi connectivity index (χ1v) is 10.1. The molecular weight excluding hydrogens is 372 g/mol. The van der Waals surface area contributed by atoms with Gasteiger partial charge in [-0.1, -0.05) is 43.0 Å². The van der Waals surface area contributed by atoms with Crippen LogP contribution in [0.4, 0.5) is 0 Å². The van der Waals surface area contributed by atoms with E-state index in [0.717, 1.165) is 29.2 Å². The molecular formula is C21H24N4O2S. The van der Waals surface area contributed by atoms with Gasteiger partial charge in [0.05, 0.1) is 12.9 Å². The molecule has 0 saturated heterocycles.